The number of nitro groups is 1. The normalized spacial score (nSPS) is 13.6. The zero-order valence-electron chi connectivity index (χ0n) is 11.3. The molecular formula is C13H18N2O4. The molecule has 0 saturated heterocycles. The zero-order valence-corrected chi connectivity index (χ0v) is 11.3. The van der Waals surface area contributed by atoms with Gasteiger partial charge in [0.05, 0.1) is 10.3 Å². The van der Waals surface area contributed by atoms with Gasteiger partial charge in [-0.3, -0.25) is 14.9 Å². The Kier molecular flexibility index (Phi) is 4.47. The van der Waals surface area contributed by atoms with E-state index in [1.54, 1.807) is 26.0 Å². The number of carboxylic acid groups (broad SMARTS) is 1. The first-order valence-corrected chi connectivity index (χ1v) is 6.02. The summed E-state index contributed by atoms with van der Waals surface area (Å²) in [6.07, 6.45) is 0.501. The Bertz CT molecular complexity index is 501. The molecule has 0 saturated carbocycles. The smallest absolute Gasteiger partial charge is 0.311 e. The van der Waals surface area contributed by atoms with Crippen LogP contribution in [0.15, 0.2) is 18.2 Å². The number of rotatable bonds is 6. The van der Waals surface area contributed by atoms with Crippen molar-refractivity contribution in [3.8, 4) is 0 Å². The molecule has 1 aromatic rings. The summed E-state index contributed by atoms with van der Waals surface area (Å²) in [5.41, 5.74) is 0.435. The summed E-state index contributed by atoms with van der Waals surface area (Å²) >= 11 is 0. The highest BCUT2D eigenvalue weighted by molar-refractivity contribution is 5.75. The predicted molar refractivity (Wildman–Crippen MR) is 72.4 cm³/mol. The third kappa shape index (κ3) is 3.43. The molecular weight excluding hydrogens is 248 g/mol. The van der Waals surface area contributed by atoms with E-state index in [9.17, 15) is 14.9 Å². The molecule has 0 aliphatic carbocycles. The minimum Gasteiger partial charge on any atom is -0.481 e. The van der Waals surface area contributed by atoms with Gasteiger partial charge in [0.2, 0.25) is 0 Å². The quantitative estimate of drug-likeness (QED) is 0.610. The van der Waals surface area contributed by atoms with E-state index in [1.807, 2.05) is 6.92 Å². The highest BCUT2D eigenvalue weighted by Crippen LogP contribution is 2.25. The van der Waals surface area contributed by atoms with Crippen LogP contribution in [-0.2, 0) is 4.79 Å². The molecule has 0 aliphatic rings. The fraction of sp³-hybridized carbons (Fsp3) is 0.462. The van der Waals surface area contributed by atoms with Gasteiger partial charge in [-0.15, -0.1) is 0 Å². The molecule has 2 N–H and O–H groups in total. The van der Waals surface area contributed by atoms with Gasteiger partial charge >= 0.3 is 5.97 Å². The first-order valence-electron chi connectivity index (χ1n) is 6.02. The lowest BCUT2D eigenvalue weighted by atomic mass is 9.87. The van der Waals surface area contributed by atoms with Crippen LogP contribution in [0.25, 0.3) is 0 Å². The van der Waals surface area contributed by atoms with Crippen LogP contribution < -0.4 is 5.32 Å². The second-order valence-corrected chi connectivity index (χ2v) is 4.83. The maximum absolute atomic E-state index is 11.2. The van der Waals surface area contributed by atoms with Gasteiger partial charge in [-0.2, -0.15) is 0 Å². The summed E-state index contributed by atoms with van der Waals surface area (Å²) in [4.78, 5) is 21.4. The van der Waals surface area contributed by atoms with Crippen molar-refractivity contribution in [2.45, 2.75) is 27.2 Å². The summed E-state index contributed by atoms with van der Waals surface area (Å²) < 4.78 is 0. The average molecular weight is 266 g/mol. The van der Waals surface area contributed by atoms with Gasteiger partial charge in [-0.05, 0) is 32.4 Å². The van der Waals surface area contributed by atoms with Crippen LogP contribution in [0.3, 0.4) is 0 Å². The van der Waals surface area contributed by atoms with Gasteiger partial charge in [0.1, 0.15) is 0 Å². The second kappa shape index (κ2) is 5.69. The molecule has 19 heavy (non-hydrogen) atoms. The largest absolute Gasteiger partial charge is 0.481 e. The number of benzene rings is 1. The monoisotopic (exact) mass is 266 g/mol. The standard InChI is InChI=1S/C13H18N2O4/c1-4-13(3,12(16)17)8-14-10-5-6-11(15(18)19)9(2)7-10/h5-7,14H,4,8H2,1-3H3,(H,16,17). The van der Waals surface area contributed by atoms with Crippen LogP contribution in [0.5, 0.6) is 0 Å². The molecule has 0 bridgehead atoms. The van der Waals surface area contributed by atoms with E-state index in [0.717, 1.165) is 0 Å². The van der Waals surface area contributed by atoms with E-state index in [0.29, 0.717) is 17.7 Å². The predicted octanol–water partition coefficient (Wildman–Crippen LogP) is 2.82. The zero-order chi connectivity index (χ0) is 14.6. The van der Waals surface area contributed by atoms with Gasteiger partial charge in [-0.25, -0.2) is 0 Å². The van der Waals surface area contributed by atoms with Gasteiger partial charge in [0.15, 0.2) is 0 Å². The number of carbonyl (C=O) groups is 1. The molecule has 0 amide bonds. The second-order valence-electron chi connectivity index (χ2n) is 4.83. The van der Waals surface area contributed by atoms with E-state index in [2.05, 4.69) is 5.32 Å². The van der Waals surface area contributed by atoms with E-state index in [-0.39, 0.29) is 12.2 Å². The Hall–Kier alpha value is -2.11. The van der Waals surface area contributed by atoms with Crippen LogP contribution in [-0.4, -0.2) is 22.5 Å². The van der Waals surface area contributed by atoms with Crippen molar-refractivity contribution in [2.24, 2.45) is 5.41 Å². The van der Waals surface area contributed by atoms with Gasteiger partial charge in [0.25, 0.3) is 5.69 Å². The number of aryl methyl sites for hydroxylation is 1. The van der Waals surface area contributed by atoms with Crippen LogP contribution >= 0.6 is 0 Å². The van der Waals surface area contributed by atoms with Crippen LogP contribution in [0.2, 0.25) is 0 Å². The molecule has 1 aromatic carbocycles. The fourth-order valence-electron chi connectivity index (χ4n) is 1.62. The van der Waals surface area contributed by atoms with Gasteiger partial charge in [0, 0.05) is 23.9 Å². The molecule has 0 spiro atoms. The van der Waals surface area contributed by atoms with Crippen LogP contribution in [0.1, 0.15) is 25.8 Å². The number of nitro benzene ring substituents is 1. The number of hydrogen-bond acceptors (Lipinski definition) is 4. The molecule has 6 nitrogen and oxygen atoms in total. The molecule has 6 heteroatoms. The number of nitrogens with one attached hydrogen (secondary N) is 1. The van der Waals surface area contributed by atoms with Crippen molar-refractivity contribution < 1.29 is 14.8 Å². The number of carboxylic acids is 1. The van der Waals surface area contributed by atoms with E-state index in [4.69, 9.17) is 5.11 Å². The van der Waals surface area contributed by atoms with E-state index in [1.165, 1.54) is 6.07 Å². The number of aliphatic carboxylic acids is 1. The third-order valence-corrected chi connectivity index (χ3v) is 3.37. The third-order valence-electron chi connectivity index (χ3n) is 3.37. The molecule has 1 unspecified atom stereocenters. The van der Waals surface area contributed by atoms with Crippen molar-refractivity contribution in [2.75, 3.05) is 11.9 Å². The van der Waals surface area contributed by atoms with Gasteiger partial charge < -0.3 is 10.4 Å². The molecule has 0 fully saturated rings. The van der Waals surface area contributed by atoms with Crippen molar-refractivity contribution in [1.29, 1.82) is 0 Å². The maximum Gasteiger partial charge on any atom is 0.311 e. The highest BCUT2D eigenvalue weighted by Gasteiger charge is 2.30. The van der Waals surface area contributed by atoms with Crippen LogP contribution in [0.4, 0.5) is 11.4 Å². The number of anilines is 1. The Morgan fingerprint density at radius 1 is 1.53 bits per heavy atom. The van der Waals surface area contributed by atoms with Crippen molar-refractivity contribution >= 4 is 17.3 Å². The summed E-state index contributed by atoms with van der Waals surface area (Å²) in [6, 6.07) is 4.65. The Balaban J connectivity index is 2.82. The topological polar surface area (TPSA) is 92.5 Å². The van der Waals surface area contributed by atoms with Crippen LogP contribution in [0, 0.1) is 22.5 Å². The molecule has 0 heterocycles. The maximum atomic E-state index is 11.2. The molecule has 0 aromatic heterocycles. The SMILES string of the molecule is CCC(C)(CNc1ccc([N+](=O)[O-])c(C)c1)C(=O)O. The number of hydrogen-bond donors (Lipinski definition) is 2. The summed E-state index contributed by atoms with van der Waals surface area (Å²) in [6.45, 7) is 5.41. The minimum atomic E-state index is -0.860. The van der Waals surface area contributed by atoms with Gasteiger partial charge in [-0.1, -0.05) is 6.92 Å². The molecule has 1 rings (SSSR count). The van der Waals surface area contributed by atoms with E-state index < -0.39 is 16.3 Å². The summed E-state index contributed by atoms with van der Waals surface area (Å²) in [5.74, 6) is -0.860. The molecule has 0 radical (unpaired) electrons. The van der Waals surface area contributed by atoms with Crippen molar-refractivity contribution in [1.82, 2.24) is 0 Å². The summed E-state index contributed by atoms with van der Waals surface area (Å²) in [5, 5.41) is 22.9. The first kappa shape index (κ1) is 14.9. The van der Waals surface area contributed by atoms with Crippen molar-refractivity contribution in [3.05, 3.63) is 33.9 Å². The number of nitrogens with zero attached hydrogens (tertiary/aromatic N) is 1. The average Bonchev–Trinajstić information content (AvgIpc) is 2.35. The fourth-order valence-corrected chi connectivity index (χ4v) is 1.62. The Morgan fingerprint density at radius 2 is 2.16 bits per heavy atom. The first-order chi connectivity index (χ1) is 8.80. The lowest BCUT2D eigenvalue weighted by Gasteiger charge is -2.23. The van der Waals surface area contributed by atoms with Crippen molar-refractivity contribution in [3.63, 3.8) is 0 Å². The summed E-state index contributed by atoms with van der Waals surface area (Å²) in [7, 11) is 0. The molecule has 104 valence electrons. The lowest BCUT2D eigenvalue weighted by Crippen LogP contribution is -2.34. The Labute approximate surface area is 111 Å². The molecule has 1 atom stereocenters. The minimum absolute atomic E-state index is 0.0574. The molecule has 0 aliphatic heterocycles. The Morgan fingerprint density at radius 3 is 2.58 bits per heavy atom. The lowest BCUT2D eigenvalue weighted by molar-refractivity contribution is -0.385. The highest BCUT2D eigenvalue weighted by atomic mass is 16.6. The van der Waals surface area contributed by atoms with E-state index >= 15 is 0 Å².